The van der Waals surface area contributed by atoms with E-state index in [-0.39, 0.29) is 23.1 Å². The van der Waals surface area contributed by atoms with Gasteiger partial charge >= 0.3 is 0 Å². The van der Waals surface area contributed by atoms with Gasteiger partial charge in [0, 0.05) is 43.5 Å². The Morgan fingerprint density at radius 2 is 1.78 bits per heavy atom. The molecule has 4 heterocycles. The van der Waals surface area contributed by atoms with E-state index in [0.717, 1.165) is 67.3 Å². The molecule has 2 fully saturated rings. The molecule has 2 saturated heterocycles. The van der Waals surface area contributed by atoms with E-state index < -0.39 is 6.04 Å². The third-order valence-electron chi connectivity index (χ3n) is 10.4. The van der Waals surface area contributed by atoms with Crippen LogP contribution in [0.25, 0.3) is 11.0 Å². The molecular weight excluding hydrogens is 637 g/mol. The van der Waals surface area contributed by atoms with E-state index >= 15 is 0 Å². The number of hydrogen-bond acceptors (Lipinski definition) is 9. The smallest absolute Gasteiger partial charge is 0.204 e. The number of fused-ring (bicyclic) bond motifs is 1. The fourth-order valence-corrected chi connectivity index (χ4v) is 7.62. The molecule has 0 bridgehead atoms. The number of anilines is 1. The van der Waals surface area contributed by atoms with Gasteiger partial charge in [-0.2, -0.15) is 0 Å². The Morgan fingerprint density at radius 3 is 2.50 bits per heavy atom. The quantitative estimate of drug-likeness (QED) is 0.140. The van der Waals surface area contributed by atoms with Crippen molar-refractivity contribution in [2.75, 3.05) is 52.8 Å². The molecule has 2 aromatic heterocycles. The average molecular weight is 682 g/mol. The van der Waals surface area contributed by atoms with Gasteiger partial charge in [-0.05, 0) is 74.2 Å². The third-order valence-corrected chi connectivity index (χ3v) is 10.4. The summed E-state index contributed by atoms with van der Waals surface area (Å²) in [7, 11) is 4.60. The number of hydrogen-bond donors (Lipinski definition) is 3. The maximum atomic E-state index is 14.1. The second-order valence-electron chi connectivity index (χ2n) is 13.2. The van der Waals surface area contributed by atoms with Crippen molar-refractivity contribution in [3.8, 4) is 17.2 Å². The Kier molecular flexibility index (Phi) is 9.73. The largest absolute Gasteiger partial charge is 0.493 e. The Hall–Kier alpha value is -4.94. The minimum absolute atomic E-state index is 0.0725. The summed E-state index contributed by atoms with van der Waals surface area (Å²) in [5.74, 6) is 2.63. The minimum Gasteiger partial charge on any atom is -0.493 e. The number of carbonyl (C=O) groups is 1. The zero-order valence-corrected chi connectivity index (χ0v) is 28.7. The average Bonchev–Trinajstić information content (AvgIpc) is 3.91. The molecule has 2 aliphatic rings. The van der Waals surface area contributed by atoms with E-state index in [0.29, 0.717) is 42.3 Å². The molecule has 2 atom stereocenters. The number of ether oxygens (including phenoxy) is 3. The van der Waals surface area contributed by atoms with Crippen LogP contribution in [0.3, 0.4) is 0 Å². The molecule has 0 amide bonds. The number of Topliss-reactive ketones (excluding diaryl/α,β-unsaturated/α-hetero) is 1. The Morgan fingerprint density at radius 1 is 1.00 bits per heavy atom. The lowest BCUT2D eigenvalue weighted by Crippen LogP contribution is -2.42. The lowest BCUT2D eigenvalue weighted by Gasteiger charge is -2.36. The number of imidazole rings is 2. The van der Waals surface area contributed by atoms with E-state index in [1.165, 1.54) is 26.4 Å². The van der Waals surface area contributed by atoms with Crippen LogP contribution in [0.5, 0.6) is 17.2 Å². The molecule has 0 spiro atoms. The van der Waals surface area contributed by atoms with Crippen LogP contribution in [0.4, 0.5) is 10.3 Å². The molecule has 2 unspecified atom stereocenters. The number of piperidine rings is 1. The van der Waals surface area contributed by atoms with Gasteiger partial charge in [0.25, 0.3) is 0 Å². The number of aromatic nitrogens is 4. The number of nitrogens with zero attached hydrogens (tertiary/aromatic N) is 4. The molecule has 2 aliphatic heterocycles. The summed E-state index contributed by atoms with van der Waals surface area (Å²) in [5, 5.41) is 7.25. The molecule has 3 N–H and O–H groups in total. The maximum Gasteiger partial charge on any atom is 0.204 e. The van der Waals surface area contributed by atoms with Gasteiger partial charge in [-0.25, -0.2) is 14.4 Å². The summed E-state index contributed by atoms with van der Waals surface area (Å²) in [6, 6.07) is 18.2. The SMILES string of the molecule is COc1ccc(C(=O)C2CC(CCN3CCC(Nc4nc5ccccc5n4Cc4ncc[nH]4)CC3)(c3ccc(F)cc3)CN2)c(OC)c1OC. The number of likely N-dealkylation sites (tertiary alicyclic amines) is 1. The Labute approximate surface area is 291 Å². The lowest BCUT2D eigenvalue weighted by molar-refractivity contribution is 0.0944. The molecular formula is C38H44FN7O4. The van der Waals surface area contributed by atoms with Gasteiger partial charge in [0.1, 0.15) is 11.6 Å². The first kappa shape index (κ1) is 33.6. The second kappa shape index (κ2) is 14.5. The standard InChI is InChI=1S/C38H44FN7O4/c1-48-32-13-12-28(35(49-2)36(32)50-3)34(47)30-22-38(24-42-30,25-8-10-26(39)11-9-25)16-21-45-19-14-27(15-20-45)43-37-44-29-6-4-5-7-31(29)46(37)23-33-40-17-18-41-33/h4-13,17-18,27,30,42H,14-16,19-24H2,1-3H3,(H,40,41)(H,43,44). The molecule has 11 nitrogen and oxygen atoms in total. The zero-order valence-electron chi connectivity index (χ0n) is 28.7. The first-order valence-corrected chi connectivity index (χ1v) is 17.2. The first-order chi connectivity index (χ1) is 24.4. The van der Waals surface area contributed by atoms with E-state index in [1.54, 1.807) is 25.4 Å². The molecule has 0 radical (unpaired) electrons. The molecule has 5 aromatic rings. The van der Waals surface area contributed by atoms with Crippen molar-refractivity contribution >= 4 is 22.8 Å². The summed E-state index contributed by atoms with van der Waals surface area (Å²) in [6.07, 6.45) is 6.98. The van der Waals surface area contributed by atoms with Crippen LogP contribution < -0.4 is 24.8 Å². The topological polar surface area (TPSA) is 119 Å². The third kappa shape index (κ3) is 6.65. The number of ketones is 1. The number of rotatable bonds is 13. The highest BCUT2D eigenvalue weighted by Gasteiger charge is 2.44. The highest BCUT2D eigenvalue weighted by atomic mass is 19.1. The summed E-state index contributed by atoms with van der Waals surface area (Å²) in [4.78, 5) is 29.1. The van der Waals surface area contributed by atoms with Crippen LogP contribution in [0.15, 0.2) is 73.1 Å². The van der Waals surface area contributed by atoms with Crippen LogP contribution in [-0.4, -0.2) is 89.8 Å². The minimum atomic E-state index is -0.442. The fraction of sp³-hybridized carbons (Fsp3) is 0.395. The van der Waals surface area contributed by atoms with Crippen LogP contribution in [-0.2, 0) is 12.0 Å². The van der Waals surface area contributed by atoms with Crippen LogP contribution in [0.1, 0.15) is 47.4 Å². The van der Waals surface area contributed by atoms with Crippen molar-refractivity contribution < 1.29 is 23.4 Å². The van der Waals surface area contributed by atoms with Gasteiger partial charge in [0.15, 0.2) is 17.3 Å². The second-order valence-corrected chi connectivity index (χ2v) is 13.2. The van der Waals surface area contributed by atoms with Gasteiger partial charge in [-0.3, -0.25) is 4.79 Å². The number of nitrogens with one attached hydrogen (secondary N) is 3. The van der Waals surface area contributed by atoms with Crippen LogP contribution in [0.2, 0.25) is 0 Å². The van der Waals surface area contributed by atoms with Crippen molar-refractivity contribution in [1.82, 2.24) is 29.7 Å². The van der Waals surface area contributed by atoms with Crippen LogP contribution >= 0.6 is 0 Å². The lowest BCUT2D eigenvalue weighted by atomic mass is 9.75. The molecule has 50 heavy (non-hydrogen) atoms. The fourth-order valence-electron chi connectivity index (χ4n) is 7.62. The number of H-pyrrole nitrogens is 1. The summed E-state index contributed by atoms with van der Waals surface area (Å²) < 4.78 is 32.9. The van der Waals surface area contributed by atoms with Gasteiger partial charge in [0.05, 0.1) is 50.5 Å². The predicted octanol–water partition coefficient (Wildman–Crippen LogP) is 5.42. The zero-order chi connectivity index (χ0) is 34.7. The van der Waals surface area contributed by atoms with Crippen molar-refractivity contribution in [2.24, 2.45) is 0 Å². The summed E-state index contributed by atoms with van der Waals surface area (Å²) >= 11 is 0. The van der Waals surface area contributed by atoms with E-state index in [1.807, 2.05) is 36.5 Å². The van der Waals surface area contributed by atoms with Crippen molar-refractivity contribution in [1.29, 1.82) is 0 Å². The number of halogens is 1. The molecule has 12 heteroatoms. The molecule has 262 valence electrons. The molecule has 7 rings (SSSR count). The van der Waals surface area contributed by atoms with Crippen LogP contribution in [0, 0.1) is 5.82 Å². The normalized spacial score (nSPS) is 19.9. The monoisotopic (exact) mass is 681 g/mol. The van der Waals surface area contributed by atoms with Gasteiger partial charge in [0.2, 0.25) is 11.7 Å². The summed E-state index contributed by atoms with van der Waals surface area (Å²) in [6.45, 7) is 3.96. The molecule has 0 aliphatic carbocycles. The van der Waals surface area contributed by atoms with Crippen molar-refractivity contribution in [3.63, 3.8) is 0 Å². The van der Waals surface area contributed by atoms with E-state index in [4.69, 9.17) is 19.2 Å². The first-order valence-electron chi connectivity index (χ1n) is 17.2. The number of methoxy groups -OCH3 is 3. The number of para-hydroxylation sites is 2. The Balaban J connectivity index is 1.03. The van der Waals surface area contributed by atoms with Crippen molar-refractivity contribution in [3.05, 3.63) is 95.8 Å². The van der Waals surface area contributed by atoms with E-state index in [9.17, 15) is 9.18 Å². The predicted molar refractivity (Wildman–Crippen MR) is 190 cm³/mol. The van der Waals surface area contributed by atoms with E-state index in [2.05, 4.69) is 36.1 Å². The highest BCUT2D eigenvalue weighted by molar-refractivity contribution is 6.03. The molecule has 3 aromatic carbocycles. The number of benzene rings is 3. The van der Waals surface area contributed by atoms with Gasteiger partial charge in [-0.1, -0.05) is 24.3 Å². The summed E-state index contributed by atoms with van der Waals surface area (Å²) in [5.41, 5.74) is 3.15. The van der Waals surface area contributed by atoms with Gasteiger partial charge < -0.3 is 39.3 Å². The Bertz CT molecular complexity index is 1920. The highest BCUT2D eigenvalue weighted by Crippen LogP contribution is 2.43. The number of carbonyl (C=O) groups excluding carboxylic acids is 1. The van der Waals surface area contributed by atoms with Crippen molar-refractivity contribution in [2.45, 2.75) is 49.7 Å². The number of aromatic amines is 1. The maximum absolute atomic E-state index is 14.1. The van der Waals surface area contributed by atoms with Gasteiger partial charge in [-0.15, -0.1) is 0 Å². The molecule has 0 saturated carbocycles.